The van der Waals surface area contributed by atoms with E-state index >= 15 is 0 Å². The Kier molecular flexibility index (Phi) is 1.26. The molecule has 0 unspecified atom stereocenters. The van der Waals surface area contributed by atoms with Crippen LogP contribution in [-0.4, -0.2) is 15.2 Å². The predicted molar refractivity (Wildman–Crippen MR) is 29.0 cm³/mol. The van der Waals surface area contributed by atoms with Crippen LogP contribution in [-0.2, 0) is 0 Å². The molecule has 0 aliphatic rings. The molecule has 0 aromatic carbocycles. The van der Waals surface area contributed by atoms with E-state index in [0.717, 1.165) is 0 Å². The van der Waals surface area contributed by atoms with Crippen LogP contribution in [0.15, 0.2) is 6.33 Å². The van der Waals surface area contributed by atoms with Gasteiger partial charge in [0.05, 0.1) is 6.04 Å². The van der Waals surface area contributed by atoms with Crippen LogP contribution in [0.3, 0.4) is 0 Å². The highest BCUT2D eigenvalue weighted by molar-refractivity contribution is 4.85. The average Bonchev–Trinajstić information content (AvgIpc) is 2.12. The highest BCUT2D eigenvalue weighted by Crippen LogP contribution is 1.96. The van der Waals surface area contributed by atoms with Crippen molar-refractivity contribution in [3.05, 3.63) is 12.2 Å². The maximum absolute atomic E-state index is 5.41. The van der Waals surface area contributed by atoms with E-state index in [9.17, 15) is 0 Å². The van der Waals surface area contributed by atoms with Crippen LogP contribution in [0.5, 0.6) is 0 Å². The van der Waals surface area contributed by atoms with Crippen molar-refractivity contribution < 1.29 is 0 Å². The molecule has 0 radical (unpaired) electrons. The summed E-state index contributed by atoms with van der Waals surface area (Å²) in [5.74, 6) is 0.657. The van der Waals surface area contributed by atoms with Crippen LogP contribution in [0.1, 0.15) is 18.8 Å². The van der Waals surface area contributed by atoms with E-state index in [4.69, 9.17) is 5.73 Å². The summed E-state index contributed by atoms with van der Waals surface area (Å²) >= 11 is 0. The molecule has 1 aromatic rings. The topological polar surface area (TPSA) is 67.6 Å². The van der Waals surface area contributed by atoms with Gasteiger partial charge in [0, 0.05) is 0 Å². The molecule has 3 N–H and O–H groups in total. The molecule has 0 fully saturated rings. The number of aromatic amines is 1. The van der Waals surface area contributed by atoms with Crippen molar-refractivity contribution in [3.8, 4) is 0 Å². The average molecular weight is 112 g/mol. The first-order valence-corrected chi connectivity index (χ1v) is 2.42. The van der Waals surface area contributed by atoms with Gasteiger partial charge >= 0.3 is 0 Å². The molecule has 1 aromatic heterocycles. The van der Waals surface area contributed by atoms with Crippen LogP contribution in [0.4, 0.5) is 0 Å². The Bertz CT molecular complexity index is 143. The first-order valence-electron chi connectivity index (χ1n) is 2.42. The van der Waals surface area contributed by atoms with E-state index in [0.29, 0.717) is 5.82 Å². The molecule has 0 spiro atoms. The Morgan fingerprint density at radius 1 is 1.88 bits per heavy atom. The van der Waals surface area contributed by atoms with E-state index < -0.39 is 0 Å². The largest absolute Gasteiger partial charge is 0.321 e. The van der Waals surface area contributed by atoms with Crippen molar-refractivity contribution in [1.82, 2.24) is 15.2 Å². The molecule has 44 valence electrons. The number of aromatic nitrogens is 3. The Hall–Kier alpha value is -0.900. The van der Waals surface area contributed by atoms with Crippen LogP contribution < -0.4 is 5.73 Å². The van der Waals surface area contributed by atoms with Crippen molar-refractivity contribution >= 4 is 0 Å². The lowest BCUT2D eigenvalue weighted by atomic mass is 10.4. The zero-order chi connectivity index (χ0) is 5.98. The van der Waals surface area contributed by atoms with Gasteiger partial charge in [-0.1, -0.05) is 0 Å². The molecular weight excluding hydrogens is 104 g/mol. The standard InChI is InChI=1S/C4H8N4/c1-3(5)4-6-2-7-8-4/h2-3H,5H2,1H3,(H,6,7,8)/t3-/m0/s1. The summed E-state index contributed by atoms with van der Waals surface area (Å²) < 4.78 is 0. The summed E-state index contributed by atoms with van der Waals surface area (Å²) in [5.41, 5.74) is 5.41. The summed E-state index contributed by atoms with van der Waals surface area (Å²) in [7, 11) is 0. The van der Waals surface area contributed by atoms with Crippen LogP contribution in [0.25, 0.3) is 0 Å². The van der Waals surface area contributed by atoms with Crippen molar-refractivity contribution in [3.63, 3.8) is 0 Å². The van der Waals surface area contributed by atoms with E-state index in [1.54, 1.807) is 0 Å². The third kappa shape index (κ3) is 0.840. The number of rotatable bonds is 1. The van der Waals surface area contributed by atoms with Gasteiger partial charge in [-0.25, -0.2) is 4.98 Å². The molecule has 1 atom stereocenters. The summed E-state index contributed by atoms with van der Waals surface area (Å²) in [5, 5.41) is 6.32. The molecule has 0 amide bonds. The SMILES string of the molecule is C[C@H](N)c1nc[nH]n1. The van der Waals surface area contributed by atoms with Gasteiger partial charge in [0.2, 0.25) is 0 Å². The number of nitrogens with two attached hydrogens (primary N) is 1. The molecular formula is C4H8N4. The molecule has 8 heavy (non-hydrogen) atoms. The van der Waals surface area contributed by atoms with E-state index in [-0.39, 0.29) is 6.04 Å². The minimum Gasteiger partial charge on any atom is -0.321 e. The number of hydrogen-bond donors (Lipinski definition) is 2. The molecule has 4 heteroatoms. The monoisotopic (exact) mass is 112 g/mol. The fourth-order valence-electron chi connectivity index (χ4n) is 0.438. The fraction of sp³-hybridized carbons (Fsp3) is 0.500. The van der Waals surface area contributed by atoms with Gasteiger partial charge in [0.1, 0.15) is 6.33 Å². The third-order valence-electron chi connectivity index (χ3n) is 0.841. The number of nitrogens with zero attached hydrogens (tertiary/aromatic N) is 2. The van der Waals surface area contributed by atoms with Gasteiger partial charge in [0.25, 0.3) is 0 Å². The lowest BCUT2D eigenvalue weighted by molar-refractivity contribution is 0.745. The zero-order valence-electron chi connectivity index (χ0n) is 4.63. The Morgan fingerprint density at radius 2 is 2.62 bits per heavy atom. The highest BCUT2D eigenvalue weighted by Gasteiger charge is 1.99. The van der Waals surface area contributed by atoms with E-state index in [1.807, 2.05) is 6.92 Å². The molecule has 0 saturated carbocycles. The van der Waals surface area contributed by atoms with Crippen molar-refractivity contribution in [2.75, 3.05) is 0 Å². The van der Waals surface area contributed by atoms with Gasteiger partial charge in [-0.3, -0.25) is 5.10 Å². The van der Waals surface area contributed by atoms with Crippen molar-refractivity contribution in [1.29, 1.82) is 0 Å². The summed E-state index contributed by atoms with van der Waals surface area (Å²) in [6.45, 7) is 1.84. The highest BCUT2D eigenvalue weighted by atomic mass is 15.2. The third-order valence-corrected chi connectivity index (χ3v) is 0.841. The normalized spacial score (nSPS) is 13.8. The van der Waals surface area contributed by atoms with Gasteiger partial charge in [-0.2, -0.15) is 5.10 Å². The smallest absolute Gasteiger partial charge is 0.166 e. The number of H-pyrrole nitrogens is 1. The lowest BCUT2D eigenvalue weighted by Gasteiger charge is -1.93. The summed E-state index contributed by atoms with van der Waals surface area (Å²) in [4.78, 5) is 3.82. The summed E-state index contributed by atoms with van der Waals surface area (Å²) in [6.07, 6.45) is 1.51. The maximum atomic E-state index is 5.41. The van der Waals surface area contributed by atoms with Gasteiger partial charge in [-0.05, 0) is 6.92 Å². The van der Waals surface area contributed by atoms with Crippen LogP contribution in [0.2, 0.25) is 0 Å². The second-order valence-corrected chi connectivity index (χ2v) is 1.65. The molecule has 4 nitrogen and oxygen atoms in total. The first-order chi connectivity index (χ1) is 3.80. The summed E-state index contributed by atoms with van der Waals surface area (Å²) in [6, 6.07) is -0.0683. The first kappa shape index (κ1) is 5.24. The Labute approximate surface area is 47.1 Å². The minimum atomic E-state index is -0.0683. The number of nitrogens with one attached hydrogen (secondary N) is 1. The zero-order valence-corrected chi connectivity index (χ0v) is 4.63. The molecule has 1 heterocycles. The van der Waals surface area contributed by atoms with Crippen molar-refractivity contribution in [2.24, 2.45) is 5.73 Å². The van der Waals surface area contributed by atoms with Gasteiger partial charge in [-0.15, -0.1) is 0 Å². The minimum absolute atomic E-state index is 0.0683. The number of hydrogen-bond acceptors (Lipinski definition) is 3. The molecule has 0 aliphatic carbocycles. The molecule has 0 aliphatic heterocycles. The lowest BCUT2D eigenvalue weighted by Crippen LogP contribution is -2.06. The van der Waals surface area contributed by atoms with Crippen LogP contribution in [0, 0.1) is 0 Å². The van der Waals surface area contributed by atoms with Gasteiger partial charge in [0.15, 0.2) is 5.82 Å². The molecule has 1 rings (SSSR count). The molecule has 0 saturated heterocycles. The fourth-order valence-corrected chi connectivity index (χ4v) is 0.438. The quantitative estimate of drug-likeness (QED) is 0.529. The van der Waals surface area contributed by atoms with Gasteiger partial charge < -0.3 is 5.73 Å². The Balaban J connectivity index is 2.77. The Morgan fingerprint density at radius 3 is 2.88 bits per heavy atom. The van der Waals surface area contributed by atoms with Crippen LogP contribution >= 0.6 is 0 Å². The van der Waals surface area contributed by atoms with E-state index in [1.165, 1.54) is 6.33 Å². The predicted octanol–water partition coefficient (Wildman–Crippen LogP) is -0.176. The maximum Gasteiger partial charge on any atom is 0.166 e. The van der Waals surface area contributed by atoms with Crippen molar-refractivity contribution in [2.45, 2.75) is 13.0 Å². The van der Waals surface area contributed by atoms with E-state index in [2.05, 4.69) is 15.2 Å². The second kappa shape index (κ2) is 1.92. The second-order valence-electron chi connectivity index (χ2n) is 1.65. The molecule has 0 bridgehead atoms.